The van der Waals surface area contributed by atoms with Crippen molar-refractivity contribution < 1.29 is 9.53 Å². The Hall–Kier alpha value is -1.66. The van der Waals surface area contributed by atoms with E-state index in [4.69, 9.17) is 4.74 Å². The van der Waals surface area contributed by atoms with Crippen LogP contribution in [0.5, 0.6) is 5.75 Å². The van der Waals surface area contributed by atoms with Gasteiger partial charge in [0.25, 0.3) is 0 Å². The first-order valence-electron chi connectivity index (χ1n) is 7.15. The molecule has 21 heavy (non-hydrogen) atoms. The number of hydrogen-bond donors (Lipinski definition) is 2. The van der Waals surface area contributed by atoms with Crippen molar-refractivity contribution in [3.63, 3.8) is 0 Å². The largest absolute Gasteiger partial charge is 0.494 e. The number of anilines is 1. The van der Waals surface area contributed by atoms with E-state index in [2.05, 4.69) is 29.5 Å². The quantitative estimate of drug-likeness (QED) is 0.825. The maximum Gasteiger partial charge on any atom is 0.227 e. The second-order valence-electron chi connectivity index (χ2n) is 4.99. The molecule has 0 spiro atoms. The van der Waals surface area contributed by atoms with Crippen molar-refractivity contribution in [2.24, 2.45) is 0 Å². The SMILES string of the molecule is CCOc1ccc2nc(NC(=O)CCNC(C)C)sc2c1. The third-order valence-electron chi connectivity index (χ3n) is 2.82. The highest BCUT2D eigenvalue weighted by Crippen LogP contribution is 2.29. The van der Waals surface area contributed by atoms with Gasteiger partial charge in [0.2, 0.25) is 5.91 Å². The zero-order valence-corrected chi connectivity index (χ0v) is 13.4. The van der Waals surface area contributed by atoms with E-state index in [0.29, 0.717) is 30.7 Å². The van der Waals surface area contributed by atoms with Crippen molar-refractivity contribution in [2.75, 3.05) is 18.5 Å². The maximum absolute atomic E-state index is 11.8. The number of fused-ring (bicyclic) bond motifs is 1. The van der Waals surface area contributed by atoms with Gasteiger partial charge in [-0.25, -0.2) is 4.98 Å². The summed E-state index contributed by atoms with van der Waals surface area (Å²) in [5.41, 5.74) is 0.874. The molecule has 0 aliphatic rings. The van der Waals surface area contributed by atoms with Crippen molar-refractivity contribution in [3.8, 4) is 5.75 Å². The van der Waals surface area contributed by atoms with Crippen molar-refractivity contribution >= 4 is 32.6 Å². The molecule has 0 aliphatic carbocycles. The van der Waals surface area contributed by atoms with Crippen LogP contribution in [0.4, 0.5) is 5.13 Å². The molecular weight excluding hydrogens is 286 g/mol. The summed E-state index contributed by atoms with van der Waals surface area (Å²) in [7, 11) is 0. The third kappa shape index (κ3) is 4.68. The van der Waals surface area contributed by atoms with Gasteiger partial charge in [0.15, 0.2) is 5.13 Å². The van der Waals surface area contributed by atoms with E-state index in [9.17, 15) is 4.79 Å². The molecule has 0 unspecified atom stereocenters. The minimum Gasteiger partial charge on any atom is -0.494 e. The first kappa shape index (κ1) is 15.7. The number of hydrogen-bond acceptors (Lipinski definition) is 5. The number of carbonyl (C=O) groups is 1. The van der Waals surface area contributed by atoms with Gasteiger partial charge in [0, 0.05) is 19.0 Å². The predicted molar refractivity (Wildman–Crippen MR) is 87.2 cm³/mol. The van der Waals surface area contributed by atoms with Crippen LogP contribution < -0.4 is 15.4 Å². The van der Waals surface area contributed by atoms with Crippen LogP contribution in [0.1, 0.15) is 27.2 Å². The molecule has 0 saturated carbocycles. The predicted octanol–water partition coefficient (Wildman–Crippen LogP) is 3.02. The Bertz CT molecular complexity index is 610. The van der Waals surface area contributed by atoms with Crippen LogP contribution in [0, 0.1) is 0 Å². The Morgan fingerprint density at radius 1 is 1.43 bits per heavy atom. The first-order valence-corrected chi connectivity index (χ1v) is 7.96. The number of benzene rings is 1. The number of nitrogens with zero attached hydrogens (tertiary/aromatic N) is 1. The van der Waals surface area contributed by atoms with Gasteiger partial charge in [-0.1, -0.05) is 25.2 Å². The minimum absolute atomic E-state index is 0.0211. The smallest absolute Gasteiger partial charge is 0.227 e. The second kappa shape index (κ2) is 7.38. The zero-order valence-electron chi connectivity index (χ0n) is 12.6. The summed E-state index contributed by atoms with van der Waals surface area (Å²) >= 11 is 1.46. The number of carbonyl (C=O) groups excluding carboxylic acids is 1. The molecule has 0 radical (unpaired) electrons. The van der Waals surface area contributed by atoms with Gasteiger partial charge >= 0.3 is 0 Å². The molecular formula is C15H21N3O2S. The van der Waals surface area contributed by atoms with Gasteiger partial charge in [-0.05, 0) is 25.1 Å². The lowest BCUT2D eigenvalue weighted by Crippen LogP contribution is -2.27. The van der Waals surface area contributed by atoms with E-state index in [1.165, 1.54) is 11.3 Å². The summed E-state index contributed by atoms with van der Waals surface area (Å²) in [5.74, 6) is 0.805. The van der Waals surface area contributed by atoms with Crippen LogP contribution in [-0.2, 0) is 4.79 Å². The van der Waals surface area contributed by atoms with Gasteiger partial charge < -0.3 is 15.4 Å². The number of nitrogens with one attached hydrogen (secondary N) is 2. The molecule has 2 N–H and O–H groups in total. The van der Waals surface area contributed by atoms with E-state index in [1.807, 2.05) is 25.1 Å². The molecule has 1 aromatic heterocycles. The molecule has 1 heterocycles. The average Bonchev–Trinajstić information content (AvgIpc) is 2.80. The molecule has 0 aliphatic heterocycles. The van der Waals surface area contributed by atoms with E-state index >= 15 is 0 Å². The summed E-state index contributed by atoms with van der Waals surface area (Å²) in [6, 6.07) is 6.14. The maximum atomic E-state index is 11.8. The first-order chi connectivity index (χ1) is 10.1. The van der Waals surface area contributed by atoms with E-state index in [0.717, 1.165) is 16.0 Å². The minimum atomic E-state index is -0.0211. The number of ether oxygens (including phenoxy) is 1. The summed E-state index contributed by atoms with van der Waals surface area (Å²) in [4.78, 5) is 16.2. The lowest BCUT2D eigenvalue weighted by molar-refractivity contribution is -0.116. The molecule has 114 valence electrons. The molecule has 2 aromatic rings. The van der Waals surface area contributed by atoms with E-state index in [1.54, 1.807) is 0 Å². The van der Waals surface area contributed by atoms with Gasteiger partial charge in [0.1, 0.15) is 5.75 Å². The van der Waals surface area contributed by atoms with Crippen molar-refractivity contribution in [3.05, 3.63) is 18.2 Å². The summed E-state index contributed by atoms with van der Waals surface area (Å²) in [5, 5.41) is 6.69. The van der Waals surface area contributed by atoms with E-state index in [-0.39, 0.29) is 5.91 Å². The fourth-order valence-corrected chi connectivity index (χ4v) is 2.78. The Morgan fingerprint density at radius 3 is 2.95 bits per heavy atom. The number of thiazole rings is 1. The lowest BCUT2D eigenvalue weighted by atomic mass is 10.3. The summed E-state index contributed by atoms with van der Waals surface area (Å²) < 4.78 is 6.47. The number of aromatic nitrogens is 1. The zero-order chi connectivity index (χ0) is 15.2. The van der Waals surface area contributed by atoms with Crippen LogP contribution in [0.15, 0.2) is 18.2 Å². The van der Waals surface area contributed by atoms with Crippen LogP contribution >= 0.6 is 11.3 Å². The van der Waals surface area contributed by atoms with Crippen LogP contribution in [0.2, 0.25) is 0 Å². The molecule has 0 saturated heterocycles. The van der Waals surface area contributed by atoms with Crippen LogP contribution in [0.25, 0.3) is 10.2 Å². The van der Waals surface area contributed by atoms with Gasteiger partial charge in [0.05, 0.1) is 16.8 Å². The van der Waals surface area contributed by atoms with Crippen molar-refractivity contribution in [1.82, 2.24) is 10.3 Å². The molecule has 5 nitrogen and oxygen atoms in total. The Balaban J connectivity index is 1.97. The summed E-state index contributed by atoms with van der Waals surface area (Å²) in [6.45, 7) is 7.37. The Labute approximate surface area is 128 Å². The topological polar surface area (TPSA) is 63.2 Å². The fourth-order valence-electron chi connectivity index (χ4n) is 1.87. The highest BCUT2D eigenvalue weighted by atomic mass is 32.1. The number of rotatable bonds is 7. The lowest BCUT2D eigenvalue weighted by Gasteiger charge is -2.06. The number of amides is 1. The summed E-state index contributed by atoms with van der Waals surface area (Å²) in [6.07, 6.45) is 0.443. The molecule has 1 amide bonds. The van der Waals surface area contributed by atoms with Gasteiger partial charge in [-0.2, -0.15) is 0 Å². The molecule has 0 atom stereocenters. The second-order valence-corrected chi connectivity index (χ2v) is 6.02. The molecule has 6 heteroatoms. The molecule has 0 fully saturated rings. The highest BCUT2D eigenvalue weighted by Gasteiger charge is 2.08. The molecule has 0 bridgehead atoms. The third-order valence-corrected chi connectivity index (χ3v) is 3.76. The van der Waals surface area contributed by atoms with Crippen LogP contribution in [-0.4, -0.2) is 30.1 Å². The average molecular weight is 307 g/mol. The Kier molecular flexibility index (Phi) is 5.52. The molecule has 1 aromatic carbocycles. The van der Waals surface area contributed by atoms with Gasteiger partial charge in [-0.15, -0.1) is 0 Å². The van der Waals surface area contributed by atoms with Crippen molar-refractivity contribution in [2.45, 2.75) is 33.2 Å². The highest BCUT2D eigenvalue weighted by molar-refractivity contribution is 7.22. The normalized spacial score (nSPS) is 11.0. The molecule has 2 rings (SSSR count). The van der Waals surface area contributed by atoms with Crippen LogP contribution in [0.3, 0.4) is 0 Å². The van der Waals surface area contributed by atoms with E-state index < -0.39 is 0 Å². The standard InChI is InChI=1S/C15H21N3O2S/c1-4-20-11-5-6-12-13(9-11)21-15(17-12)18-14(19)7-8-16-10(2)3/h5-6,9-10,16H,4,7-8H2,1-3H3,(H,17,18,19). The van der Waals surface area contributed by atoms with Crippen molar-refractivity contribution in [1.29, 1.82) is 0 Å². The van der Waals surface area contributed by atoms with Gasteiger partial charge in [-0.3, -0.25) is 4.79 Å². The monoisotopic (exact) mass is 307 g/mol. The fraction of sp³-hybridized carbons (Fsp3) is 0.467. The Morgan fingerprint density at radius 2 is 2.24 bits per heavy atom.